The number of piperidine rings is 2. The highest BCUT2D eigenvalue weighted by atomic mass is 28.4. The number of hydrogen-bond donors (Lipinski definition) is 0. The molecule has 5 rings (SSSR count). The van der Waals surface area contributed by atoms with Crippen LogP contribution in [-0.2, 0) is 28.0 Å². The molecule has 4 bridgehead atoms. The summed E-state index contributed by atoms with van der Waals surface area (Å²) < 4.78 is 22.5. The van der Waals surface area contributed by atoms with E-state index in [1.54, 1.807) is 21.3 Å². The second-order valence-corrected chi connectivity index (χ2v) is 13.0. The first kappa shape index (κ1) is 23.9. The van der Waals surface area contributed by atoms with Crippen LogP contribution in [0.1, 0.15) is 57.1 Å². The van der Waals surface area contributed by atoms with Gasteiger partial charge in [-0.3, -0.25) is 4.79 Å². The molecule has 2 saturated carbocycles. The van der Waals surface area contributed by atoms with E-state index in [9.17, 15) is 10.0 Å². The molecule has 3 unspecified atom stereocenters. The van der Waals surface area contributed by atoms with Crippen molar-refractivity contribution in [3.8, 4) is 0 Å². The van der Waals surface area contributed by atoms with Gasteiger partial charge in [0.2, 0.25) is 0 Å². The molecule has 0 aromatic heterocycles. The van der Waals surface area contributed by atoms with E-state index in [-0.39, 0.29) is 29.9 Å². The minimum atomic E-state index is -2.72. The van der Waals surface area contributed by atoms with Crippen molar-refractivity contribution in [2.75, 3.05) is 21.3 Å². The van der Waals surface area contributed by atoms with Gasteiger partial charge >= 0.3 is 14.8 Å². The van der Waals surface area contributed by atoms with E-state index in [2.05, 4.69) is 6.92 Å². The maximum atomic E-state index is 13.2. The zero-order valence-electron chi connectivity index (χ0n) is 19.6. The molecule has 4 fully saturated rings. The fourth-order valence-electron chi connectivity index (χ4n) is 6.65. The predicted octanol–water partition coefficient (Wildman–Crippen LogP) is 4.15. The lowest BCUT2D eigenvalue weighted by molar-refractivity contribution is -0.331. The van der Waals surface area contributed by atoms with Crippen LogP contribution in [0.15, 0.2) is 30.3 Å². The number of hydrogen-bond acceptors (Lipinski definition) is 6. The maximum absolute atomic E-state index is 13.2. The molecule has 1 radical (unpaired) electrons. The van der Waals surface area contributed by atoms with Crippen LogP contribution in [0, 0.1) is 17.8 Å². The second-order valence-electron chi connectivity index (χ2n) is 9.94. The van der Waals surface area contributed by atoms with Crippen LogP contribution >= 0.6 is 0 Å². The topological polar surface area (TPSA) is 77.1 Å². The Balaban J connectivity index is 1.49. The Morgan fingerprint density at radius 2 is 1.81 bits per heavy atom. The van der Waals surface area contributed by atoms with Gasteiger partial charge in [0.05, 0.1) is 0 Å². The number of esters is 1. The third-order valence-corrected chi connectivity index (χ3v) is 10.8. The summed E-state index contributed by atoms with van der Waals surface area (Å²) in [4.78, 5) is 12.9. The van der Waals surface area contributed by atoms with Gasteiger partial charge in [-0.1, -0.05) is 30.3 Å². The molecule has 0 amide bonds. The smallest absolute Gasteiger partial charge is 0.457 e. The average Bonchev–Trinajstić information content (AvgIpc) is 2.79. The fraction of sp³-hybridized carbons (Fsp3) is 0.708. The van der Waals surface area contributed by atoms with Gasteiger partial charge in [-0.05, 0) is 56.4 Å². The van der Waals surface area contributed by atoms with Gasteiger partial charge in [0.25, 0.3) is 0 Å². The summed E-state index contributed by atoms with van der Waals surface area (Å²) in [6.07, 6.45) is 4.35. The number of carbonyl (C=O) groups excluding carboxylic acids is 1. The van der Waals surface area contributed by atoms with E-state index in [1.165, 1.54) is 5.06 Å². The van der Waals surface area contributed by atoms with E-state index in [4.69, 9.17) is 18.0 Å². The van der Waals surface area contributed by atoms with Crippen LogP contribution in [-0.4, -0.2) is 52.7 Å². The Morgan fingerprint density at radius 3 is 2.47 bits per heavy atom. The highest BCUT2D eigenvalue weighted by molar-refractivity contribution is 6.60. The molecule has 0 N–H and O–H groups in total. The highest BCUT2D eigenvalue weighted by Gasteiger charge is 2.60. The summed E-state index contributed by atoms with van der Waals surface area (Å²) in [6, 6.07) is 10.4. The Labute approximate surface area is 192 Å². The van der Waals surface area contributed by atoms with Crippen LogP contribution in [0.25, 0.3) is 0 Å². The lowest BCUT2D eigenvalue weighted by atomic mass is 9.53. The summed E-state index contributed by atoms with van der Waals surface area (Å²) in [7, 11) is 2.01. The fourth-order valence-corrected chi connectivity index (χ4v) is 8.37. The number of nitrogens with zero attached hydrogens (tertiary/aromatic N) is 1. The minimum absolute atomic E-state index is 0.0360. The molecule has 2 heterocycles. The number of rotatable bonds is 10. The zero-order chi connectivity index (χ0) is 22.9. The second kappa shape index (κ2) is 9.52. The molecular weight excluding hydrogens is 426 g/mol. The molecule has 0 spiro atoms. The quantitative estimate of drug-likeness (QED) is 0.384. The van der Waals surface area contributed by atoms with E-state index in [1.807, 2.05) is 30.3 Å². The van der Waals surface area contributed by atoms with Crippen molar-refractivity contribution in [2.45, 2.75) is 69.2 Å². The summed E-state index contributed by atoms with van der Waals surface area (Å²) in [5, 5.41) is 14.6. The molecule has 6 atom stereocenters. The van der Waals surface area contributed by atoms with Gasteiger partial charge in [-0.15, -0.1) is 10.3 Å². The largest absolute Gasteiger partial charge is 0.500 e. The van der Waals surface area contributed by atoms with Crippen molar-refractivity contribution < 1.29 is 28.0 Å². The molecule has 2 aliphatic carbocycles. The van der Waals surface area contributed by atoms with Gasteiger partial charge in [0.1, 0.15) is 6.10 Å². The number of benzene rings is 1. The van der Waals surface area contributed by atoms with Crippen molar-refractivity contribution in [2.24, 2.45) is 17.8 Å². The Morgan fingerprint density at radius 1 is 1.12 bits per heavy atom. The molecule has 7 nitrogen and oxygen atoms in total. The van der Waals surface area contributed by atoms with Gasteiger partial charge in [-0.25, -0.2) is 0 Å². The monoisotopic (exact) mass is 462 g/mol. The first-order chi connectivity index (χ1) is 15.3. The highest BCUT2D eigenvalue weighted by Crippen LogP contribution is 2.59. The SMILES string of the molecule is CO[Si](CCCC(=O)OC(c1ccccc1)C1C2C[C@H]3C[C@H]1N([O])[C@](C)(C2)C3)(OC)OC. The molecule has 1 aromatic rings. The molecule has 2 aliphatic heterocycles. The molecule has 8 heteroatoms. The van der Waals surface area contributed by atoms with Crippen molar-refractivity contribution >= 4 is 14.8 Å². The van der Waals surface area contributed by atoms with Gasteiger partial charge < -0.3 is 18.0 Å². The predicted molar refractivity (Wildman–Crippen MR) is 120 cm³/mol. The molecular formula is C24H36NO6Si. The van der Waals surface area contributed by atoms with Crippen molar-refractivity contribution in [3.05, 3.63) is 35.9 Å². The average molecular weight is 463 g/mol. The number of hydroxylamine groups is 2. The number of ether oxygens (including phenoxy) is 1. The van der Waals surface area contributed by atoms with Gasteiger partial charge in [0.15, 0.2) is 0 Å². The van der Waals surface area contributed by atoms with Crippen molar-refractivity contribution in [3.63, 3.8) is 0 Å². The summed E-state index contributed by atoms with van der Waals surface area (Å²) in [5.41, 5.74) is 0.721. The number of carbonyl (C=O) groups is 1. The first-order valence-corrected chi connectivity index (χ1v) is 13.6. The minimum Gasteiger partial charge on any atom is -0.457 e. The third kappa shape index (κ3) is 4.41. The molecule has 177 valence electrons. The first-order valence-electron chi connectivity index (χ1n) is 11.7. The standard InChI is InChI=1S/C24H36NO6Si/c1-24-15-17-13-19(16-24)22(20(14-17)25(24)27)23(18-9-6-5-7-10-18)31-21(26)11-8-12-32(28-2,29-3)30-4/h5-7,9-10,17,19-20,22-23H,8,11-16H2,1-4H3/t17-,19?,20+,22?,23?,24-/m0/s1. The summed E-state index contributed by atoms with van der Waals surface area (Å²) in [5.74, 6) is 0.820. The van der Waals surface area contributed by atoms with Crippen LogP contribution in [0.5, 0.6) is 0 Å². The zero-order valence-corrected chi connectivity index (χ0v) is 20.6. The van der Waals surface area contributed by atoms with E-state index >= 15 is 0 Å². The molecule has 4 aliphatic rings. The Kier molecular flexibility index (Phi) is 7.10. The molecule has 1 aromatic carbocycles. The van der Waals surface area contributed by atoms with Crippen molar-refractivity contribution in [1.82, 2.24) is 5.06 Å². The van der Waals surface area contributed by atoms with E-state index < -0.39 is 14.9 Å². The summed E-state index contributed by atoms with van der Waals surface area (Å²) in [6.45, 7) is 2.11. The normalized spacial score (nSPS) is 32.8. The van der Waals surface area contributed by atoms with Crippen LogP contribution in [0.4, 0.5) is 0 Å². The Hall–Kier alpha value is -1.29. The molecule has 2 saturated heterocycles. The van der Waals surface area contributed by atoms with Crippen LogP contribution < -0.4 is 0 Å². The van der Waals surface area contributed by atoms with E-state index in [0.29, 0.717) is 24.3 Å². The lowest BCUT2D eigenvalue weighted by Crippen LogP contribution is -2.67. The van der Waals surface area contributed by atoms with E-state index in [0.717, 1.165) is 31.2 Å². The lowest BCUT2D eigenvalue weighted by Gasteiger charge is -2.62. The summed E-state index contributed by atoms with van der Waals surface area (Å²) >= 11 is 0. The maximum Gasteiger partial charge on any atom is 0.500 e. The van der Waals surface area contributed by atoms with Crippen LogP contribution in [0.3, 0.4) is 0 Å². The van der Waals surface area contributed by atoms with Gasteiger partial charge in [0, 0.05) is 51.3 Å². The molecule has 32 heavy (non-hydrogen) atoms. The Bertz CT molecular complexity index is 782. The van der Waals surface area contributed by atoms with Crippen molar-refractivity contribution in [1.29, 1.82) is 0 Å². The van der Waals surface area contributed by atoms with Crippen LogP contribution in [0.2, 0.25) is 6.04 Å². The third-order valence-electron chi connectivity index (χ3n) is 8.00. The van der Waals surface area contributed by atoms with Gasteiger partial charge in [-0.2, -0.15) is 0 Å².